The minimum atomic E-state index is -1.82. The van der Waals surface area contributed by atoms with Crippen molar-refractivity contribution in [2.24, 2.45) is 11.8 Å². The SMILES string of the molecule is COC(=O)C1=COC(OC2OC(CO)C(O)C(O)C2O)/C(=C\C(=O)OCCC2=CCC(O)C=C2)C1CC(=O)O.COC(=O)C1=COC(OC2OC(CO)C(O)C(O)C2O)/C(=C\CO)C1CC(=O)OCC(OC)c1ccc(O)c(O)c1. The second kappa shape index (κ2) is 30.4. The molecule has 16 unspecified atom stereocenters. The van der Waals surface area contributed by atoms with E-state index < -0.39 is 166 Å². The highest BCUT2D eigenvalue weighted by atomic mass is 16.8. The second-order valence-electron chi connectivity index (χ2n) is 18.2. The summed E-state index contributed by atoms with van der Waals surface area (Å²) in [5.74, 6) is -7.97. The molecular weight excluding hydrogens is 1080 g/mol. The van der Waals surface area contributed by atoms with Gasteiger partial charge in [-0.15, -0.1) is 0 Å². The number of carbonyl (C=O) groups excluding carboxylic acids is 4. The molecular formula is C51H66O29. The third-order valence-electron chi connectivity index (χ3n) is 13.0. The van der Waals surface area contributed by atoms with Gasteiger partial charge < -0.3 is 118 Å². The van der Waals surface area contributed by atoms with E-state index in [1.807, 2.05) is 0 Å². The molecule has 13 N–H and O–H groups in total. The van der Waals surface area contributed by atoms with Gasteiger partial charge in [0.15, 0.2) is 24.1 Å². The Morgan fingerprint density at radius 1 is 0.700 bits per heavy atom. The van der Waals surface area contributed by atoms with Gasteiger partial charge in [0, 0.05) is 42.6 Å². The number of esters is 4. The zero-order valence-electron chi connectivity index (χ0n) is 43.2. The molecule has 29 nitrogen and oxygen atoms in total. The number of methoxy groups -OCH3 is 3. The molecule has 2 saturated heterocycles. The number of benzene rings is 1. The van der Waals surface area contributed by atoms with Crippen LogP contribution in [0.4, 0.5) is 0 Å². The van der Waals surface area contributed by atoms with Gasteiger partial charge in [-0.05, 0) is 29.7 Å². The minimum absolute atomic E-state index is 0.0519. The molecule has 1 aromatic rings. The van der Waals surface area contributed by atoms with Gasteiger partial charge in [-0.2, -0.15) is 0 Å². The first-order valence-electron chi connectivity index (χ1n) is 24.6. The highest BCUT2D eigenvalue weighted by molar-refractivity contribution is 5.92. The molecule has 6 rings (SSSR count). The standard InChI is InChI=1S/C26H34O15.C25H32O14/c1-36-19(12-3-4-16(29)17(30)7-12)11-38-20(31)8-14-13(5-6-27)25(39-10-15(14)24(35)37-2)41-26-23(34)22(33)21(32)18(9-28)40-26;1-35-23(34)16-11-37-24(39-25-22(33)21(32)20(31)17(10-26)38-25)15(14(16)8-18(28)29)9-19(30)36-7-6-12-2-4-13(27)5-3-12/h3-5,7,10,14,18-19,21-23,25-30,32-34H,6,8-9,11H2,1-2H3;2-4,9,11,13-14,17,20-22,24-27,31-33H,5-8,10H2,1H3,(H,28,29)/b13-5-;15-9-. The fourth-order valence-corrected chi connectivity index (χ4v) is 8.58. The fourth-order valence-electron chi connectivity index (χ4n) is 8.58. The zero-order chi connectivity index (χ0) is 59.0. The van der Waals surface area contributed by atoms with Gasteiger partial charge in [-0.1, -0.05) is 30.4 Å². The quantitative estimate of drug-likeness (QED) is 0.0191. The Hall–Kier alpha value is -6.39. The minimum Gasteiger partial charge on any atom is -0.504 e. The molecule has 0 radical (unpaired) electrons. The maximum Gasteiger partial charge on any atom is 0.337 e. The maximum atomic E-state index is 12.9. The number of allylic oxidation sites excluding steroid dienone is 1. The van der Waals surface area contributed by atoms with Crippen LogP contribution in [0.3, 0.4) is 0 Å². The highest BCUT2D eigenvalue weighted by Gasteiger charge is 2.49. The van der Waals surface area contributed by atoms with Crippen LogP contribution in [-0.2, 0) is 76.1 Å². The van der Waals surface area contributed by atoms with Crippen LogP contribution >= 0.6 is 0 Å². The molecule has 444 valence electrons. The number of phenolic OH excluding ortho intramolecular Hbond substituents is 2. The normalized spacial score (nSPS) is 31.6. The molecule has 1 aliphatic carbocycles. The van der Waals surface area contributed by atoms with Gasteiger partial charge >= 0.3 is 29.8 Å². The smallest absolute Gasteiger partial charge is 0.337 e. The number of carboxylic acid groups (broad SMARTS) is 1. The van der Waals surface area contributed by atoms with Crippen LogP contribution in [0.5, 0.6) is 11.5 Å². The number of carboxylic acids is 1. The lowest BCUT2D eigenvalue weighted by atomic mass is 9.86. The van der Waals surface area contributed by atoms with Crippen molar-refractivity contribution in [3.8, 4) is 11.5 Å². The number of hydrogen-bond acceptors (Lipinski definition) is 28. The molecule has 2 fully saturated rings. The highest BCUT2D eigenvalue weighted by Crippen LogP contribution is 2.39. The van der Waals surface area contributed by atoms with Crippen molar-refractivity contribution in [3.05, 3.63) is 94.5 Å². The van der Waals surface area contributed by atoms with Crippen molar-refractivity contribution in [1.82, 2.24) is 0 Å². The molecule has 0 saturated carbocycles. The first-order valence-corrected chi connectivity index (χ1v) is 24.6. The molecule has 4 aliphatic heterocycles. The summed E-state index contributed by atoms with van der Waals surface area (Å²) in [7, 11) is 3.53. The third-order valence-corrected chi connectivity index (χ3v) is 13.0. The Kier molecular flexibility index (Phi) is 24.5. The second-order valence-corrected chi connectivity index (χ2v) is 18.2. The molecule has 0 amide bonds. The maximum absolute atomic E-state index is 12.9. The van der Waals surface area contributed by atoms with Crippen LogP contribution in [0.15, 0.2) is 89.0 Å². The van der Waals surface area contributed by atoms with Gasteiger partial charge in [0.05, 0.1) is 83.3 Å². The van der Waals surface area contributed by atoms with Crippen LogP contribution < -0.4 is 0 Å². The molecule has 0 bridgehead atoms. The Labute approximate surface area is 455 Å². The molecule has 5 aliphatic rings. The average molecular weight is 1140 g/mol. The number of aromatic hydroxyl groups is 2. The average Bonchev–Trinajstić information content (AvgIpc) is 3.44. The number of carbonyl (C=O) groups is 5. The summed E-state index contributed by atoms with van der Waals surface area (Å²) >= 11 is 0. The van der Waals surface area contributed by atoms with Crippen molar-refractivity contribution in [2.75, 3.05) is 54.4 Å². The molecule has 16 atom stereocenters. The van der Waals surface area contributed by atoms with Gasteiger partial charge in [0.25, 0.3) is 0 Å². The third kappa shape index (κ3) is 16.6. The first-order chi connectivity index (χ1) is 38.1. The lowest BCUT2D eigenvalue weighted by Gasteiger charge is -2.42. The van der Waals surface area contributed by atoms with Crippen LogP contribution in [0.1, 0.15) is 37.4 Å². The summed E-state index contributed by atoms with van der Waals surface area (Å²) < 4.78 is 58.3. The predicted molar refractivity (Wildman–Crippen MR) is 261 cm³/mol. The molecule has 4 heterocycles. The molecule has 1 aromatic carbocycles. The van der Waals surface area contributed by atoms with E-state index in [0.717, 1.165) is 38.4 Å². The number of aliphatic hydroxyl groups is 10. The number of hydrogen-bond donors (Lipinski definition) is 13. The van der Waals surface area contributed by atoms with Crippen LogP contribution in [0.25, 0.3) is 0 Å². The van der Waals surface area contributed by atoms with Crippen LogP contribution in [0, 0.1) is 11.8 Å². The fraction of sp³-hybridized carbons (Fsp3) is 0.549. The Morgan fingerprint density at radius 2 is 1.25 bits per heavy atom. The van der Waals surface area contributed by atoms with E-state index in [-0.39, 0.29) is 41.3 Å². The molecule has 80 heavy (non-hydrogen) atoms. The number of aliphatic hydroxyl groups excluding tert-OH is 10. The Bertz CT molecular complexity index is 2480. The first kappa shape index (κ1) is 64.4. The van der Waals surface area contributed by atoms with Crippen LogP contribution in [0.2, 0.25) is 0 Å². The molecule has 29 heteroatoms. The van der Waals surface area contributed by atoms with Gasteiger partial charge in [-0.25, -0.2) is 14.4 Å². The largest absolute Gasteiger partial charge is 0.504 e. The summed E-state index contributed by atoms with van der Waals surface area (Å²) in [4.78, 5) is 62.1. The van der Waals surface area contributed by atoms with E-state index in [2.05, 4.69) is 0 Å². The summed E-state index contributed by atoms with van der Waals surface area (Å²) in [6.07, 6.45) is -12.1. The predicted octanol–water partition coefficient (Wildman–Crippen LogP) is -3.10. The van der Waals surface area contributed by atoms with E-state index in [1.54, 1.807) is 18.2 Å². The topological polar surface area (TPSA) is 450 Å². The summed E-state index contributed by atoms with van der Waals surface area (Å²) in [5, 5.41) is 128. The number of aliphatic carboxylic acids is 1. The van der Waals surface area contributed by atoms with E-state index in [4.69, 9.17) is 52.1 Å². The van der Waals surface area contributed by atoms with E-state index in [1.165, 1.54) is 31.4 Å². The van der Waals surface area contributed by atoms with E-state index >= 15 is 0 Å². The monoisotopic (exact) mass is 1140 g/mol. The van der Waals surface area contributed by atoms with Crippen molar-refractivity contribution in [2.45, 2.75) is 112 Å². The number of rotatable bonds is 21. The van der Waals surface area contributed by atoms with Crippen LogP contribution in [-0.4, -0.2) is 231 Å². The number of phenols is 2. The molecule has 0 spiro atoms. The van der Waals surface area contributed by atoms with Crippen molar-refractivity contribution >= 4 is 29.8 Å². The summed E-state index contributed by atoms with van der Waals surface area (Å²) in [5.41, 5.74) is 0.766. The zero-order valence-corrected chi connectivity index (χ0v) is 43.2. The van der Waals surface area contributed by atoms with Gasteiger partial charge in [0.2, 0.25) is 12.6 Å². The van der Waals surface area contributed by atoms with E-state index in [0.29, 0.717) is 18.4 Å². The lowest BCUT2D eigenvalue weighted by Crippen LogP contribution is -2.60. The Morgan fingerprint density at radius 3 is 1.73 bits per heavy atom. The van der Waals surface area contributed by atoms with Crippen molar-refractivity contribution in [1.29, 1.82) is 0 Å². The molecule has 0 aromatic heterocycles. The van der Waals surface area contributed by atoms with Gasteiger partial charge in [-0.3, -0.25) is 9.59 Å². The number of ether oxygens (including phenoxy) is 11. The Balaban J connectivity index is 0.000000294. The van der Waals surface area contributed by atoms with Crippen molar-refractivity contribution in [3.63, 3.8) is 0 Å². The van der Waals surface area contributed by atoms with E-state index in [9.17, 15) is 90.4 Å². The lowest BCUT2D eigenvalue weighted by molar-refractivity contribution is -0.327. The summed E-state index contributed by atoms with van der Waals surface area (Å²) in [6.45, 7) is -2.38. The van der Waals surface area contributed by atoms with Gasteiger partial charge in [0.1, 0.15) is 61.5 Å². The summed E-state index contributed by atoms with van der Waals surface area (Å²) in [6, 6.07) is 3.96. The van der Waals surface area contributed by atoms with Crippen molar-refractivity contribution < 1.29 is 142 Å².